The van der Waals surface area contributed by atoms with Gasteiger partial charge < -0.3 is 19.5 Å². The molecular formula is C27H37Cl2NO3. The Bertz CT molecular complexity index is 860. The average molecular weight is 495 g/mol. The van der Waals surface area contributed by atoms with Crippen LogP contribution in [0.1, 0.15) is 50.3 Å². The fourth-order valence-electron chi connectivity index (χ4n) is 3.67. The minimum absolute atomic E-state index is 0.110. The SMILES string of the molecule is C=CN(CCC)CCCOc1ccc(C(C)(C)c2cc(C)c(OC[C@@H](O)CCl)c(Cl)c2)cc1. The first kappa shape index (κ1) is 27.4. The van der Waals surface area contributed by atoms with Gasteiger partial charge in [0, 0.05) is 18.5 Å². The molecule has 2 aromatic rings. The standard InChI is InChI=1S/C27H37Cl2NO3/c1-6-13-30(7-2)14-8-15-32-24-11-9-21(10-12-24)27(4,5)22-16-20(3)26(25(29)17-22)33-19-23(31)18-28/h7,9-12,16-17,23,31H,2,6,8,13-15,18-19H2,1,3-5H3/t23-/m0/s1. The molecule has 0 aromatic heterocycles. The van der Waals surface area contributed by atoms with Crippen molar-refractivity contribution in [2.45, 2.75) is 52.1 Å². The third kappa shape index (κ3) is 7.84. The fraction of sp³-hybridized carbons (Fsp3) is 0.481. The number of benzene rings is 2. The van der Waals surface area contributed by atoms with E-state index < -0.39 is 6.10 Å². The summed E-state index contributed by atoms with van der Waals surface area (Å²) in [4.78, 5) is 2.22. The van der Waals surface area contributed by atoms with E-state index in [2.05, 4.69) is 50.4 Å². The van der Waals surface area contributed by atoms with Crippen LogP contribution in [-0.4, -0.2) is 48.3 Å². The Labute approximate surface area is 209 Å². The molecule has 4 nitrogen and oxygen atoms in total. The Morgan fingerprint density at radius 1 is 1.12 bits per heavy atom. The number of aliphatic hydroxyl groups is 1. The summed E-state index contributed by atoms with van der Waals surface area (Å²) in [5, 5.41) is 10.2. The lowest BCUT2D eigenvalue weighted by Crippen LogP contribution is -2.21. The minimum atomic E-state index is -0.726. The maximum Gasteiger partial charge on any atom is 0.140 e. The minimum Gasteiger partial charge on any atom is -0.494 e. The van der Waals surface area contributed by atoms with Gasteiger partial charge in [0.05, 0.1) is 17.5 Å². The number of ether oxygens (including phenoxy) is 2. The van der Waals surface area contributed by atoms with Crippen LogP contribution in [0.25, 0.3) is 0 Å². The van der Waals surface area contributed by atoms with E-state index in [9.17, 15) is 5.11 Å². The van der Waals surface area contributed by atoms with Crippen molar-refractivity contribution in [1.82, 2.24) is 4.90 Å². The third-order valence-electron chi connectivity index (χ3n) is 5.75. The highest BCUT2D eigenvalue weighted by Crippen LogP contribution is 2.38. The number of nitrogens with zero attached hydrogens (tertiary/aromatic N) is 1. The highest BCUT2D eigenvalue weighted by Gasteiger charge is 2.25. The van der Waals surface area contributed by atoms with Gasteiger partial charge in [0.1, 0.15) is 24.2 Å². The molecule has 182 valence electrons. The predicted octanol–water partition coefficient (Wildman–Crippen LogP) is 6.58. The molecule has 0 aliphatic carbocycles. The number of aryl methyl sites for hydroxylation is 1. The molecule has 0 radical (unpaired) electrons. The molecule has 2 rings (SSSR count). The van der Waals surface area contributed by atoms with E-state index in [0.29, 0.717) is 17.4 Å². The molecule has 0 saturated heterocycles. The second-order valence-corrected chi connectivity index (χ2v) is 9.51. The van der Waals surface area contributed by atoms with Crippen LogP contribution in [-0.2, 0) is 5.41 Å². The van der Waals surface area contributed by atoms with Gasteiger partial charge in [-0.05, 0) is 60.9 Å². The number of hydrogen-bond donors (Lipinski definition) is 1. The van der Waals surface area contributed by atoms with E-state index in [1.807, 2.05) is 31.3 Å². The average Bonchev–Trinajstić information content (AvgIpc) is 2.80. The van der Waals surface area contributed by atoms with Gasteiger partial charge >= 0.3 is 0 Å². The summed E-state index contributed by atoms with van der Waals surface area (Å²) in [6, 6.07) is 12.3. The van der Waals surface area contributed by atoms with Gasteiger partial charge in [0.2, 0.25) is 0 Å². The van der Waals surface area contributed by atoms with Crippen LogP contribution < -0.4 is 9.47 Å². The van der Waals surface area contributed by atoms with Gasteiger partial charge in [-0.2, -0.15) is 0 Å². The molecule has 6 heteroatoms. The molecule has 0 unspecified atom stereocenters. The van der Waals surface area contributed by atoms with Gasteiger partial charge in [-0.3, -0.25) is 0 Å². The van der Waals surface area contributed by atoms with Crippen LogP contribution in [0.3, 0.4) is 0 Å². The predicted molar refractivity (Wildman–Crippen MR) is 139 cm³/mol. The van der Waals surface area contributed by atoms with Gasteiger partial charge in [0.25, 0.3) is 0 Å². The zero-order valence-electron chi connectivity index (χ0n) is 20.2. The van der Waals surface area contributed by atoms with Crippen LogP contribution in [0.2, 0.25) is 5.02 Å². The zero-order valence-corrected chi connectivity index (χ0v) is 21.8. The molecule has 2 aromatic carbocycles. The van der Waals surface area contributed by atoms with E-state index in [1.54, 1.807) is 0 Å². The summed E-state index contributed by atoms with van der Waals surface area (Å²) < 4.78 is 11.6. The molecule has 0 bridgehead atoms. The number of hydrogen-bond acceptors (Lipinski definition) is 4. The summed E-state index contributed by atoms with van der Waals surface area (Å²) in [5.74, 6) is 1.57. The van der Waals surface area contributed by atoms with Crippen molar-refractivity contribution in [2.75, 3.05) is 32.2 Å². The number of alkyl halides is 1. The normalized spacial score (nSPS) is 12.3. The highest BCUT2D eigenvalue weighted by molar-refractivity contribution is 6.32. The van der Waals surface area contributed by atoms with E-state index >= 15 is 0 Å². The van der Waals surface area contributed by atoms with Crippen LogP contribution in [0, 0.1) is 6.92 Å². The summed E-state index contributed by atoms with van der Waals surface area (Å²) >= 11 is 12.2. The van der Waals surface area contributed by atoms with E-state index in [0.717, 1.165) is 48.4 Å². The first-order chi connectivity index (χ1) is 15.7. The Kier molecular flexibility index (Phi) is 10.9. The molecule has 0 amide bonds. The van der Waals surface area contributed by atoms with Crippen molar-refractivity contribution in [3.63, 3.8) is 0 Å². The Morgan fingerprint density at radius 3 is 2.39 bits per heavy atom. The monoisotopic (exact) mass is 493 g/mol. The quantitative estimate of drug-likeness (QED) is 0.238. The topological polar surface area (TPSA) is 41.9 Å². The van der Waals surface area contributed by atoms with Gasteiger partial charge in [0.15, 0.2) is 0 Å². The second kappa shape index (κ2) is 13.1. The fourth-order valence-corrected chi connectivity index (χ4v) is 4.08. The van der Waals surface area contributed by atoms with Crippen molar-refractivity contribution in [2.24, 2.45) is 0 Å². The molecule has 33 heavy (non-hydrogen) atoms. The van der Waals surface area contributed by atoms with Crippen LogP contribution in [0.4, 0.5) is 0 Å². The van der Waals surface area contributed by atoms with Crippen molar-refractivity contribution in [3.8, 4) is 11.5 Å². The summed E-state index contributed by atoms with van der Waals surface area (Å²) in [5.41, 5.74) is 2.91. The lowest BCUT2D eigenvalue weighted by atomic mass is 9.77. The highest BCUT2D eigenvalue weighted by atomic mass is 35.5. The van der Waals surface area contributed by atoms with Crippen molar-refractivity contribution in [3.05, 3.63) is 70.9 Å². The molecule has 1 atom stereocenters. The molecular weight excluding hydrogens is 457 g/mol. The number of aliphatic hydroxyl groups excluding tert-OH is 1. The Morgan fingerprint density at radius 2 is 1.82 bits per heavy atom. The van der Waals surface area contributed by atoms with E-state index in [-0.39, 0.29) is 17.9 Å². The maximum atomic E-state index is 9.67. The van der Waals surface area contributed by atoms with Crippen molar-refractivity contribution < 1.29 is 14.6 Å². The van der Waals surface area contributed by atoms with Gasteiger partial charge in [-0.1, -0.05) is 57.2 Å². The summed E-state index contributed by atoms with van der Waals surface area (Å²) in [6.45, 7) is 15.1. The third-order valence-corrected chi connectivity index (χ3v) is 6.39. The smallest absolute Gasteiger partial charge is 0.140 e. The molecule has 0 fully saturated rings. The molecule has 0 aliphatic rings. The Balaban J connectivity index is 2.04. The largest absolute Gasteiger partial charge is 0.494 e. The van der Waals surface area contributed by atoms with Crippen molar-refractivity contribution in [1.29, 1.82) is 0 Å². The van der Waals surface area contributed by atoms with E-state index in [4.69, 9.17) is 32.7 Å². The molecule has 1 N–H and O–H groups in total. The van der Waals surface area contributed by atoms with Gasteiger partial charge in [-0.25, -0.2) is 0 Å². The summed E-state index contributed by atoms with van der Waals surface area (Å²) in [6.07, 6.45) is 3.24. The second-order valence-electron chi connectivity index (χ2n) is 8.79. The van der Waals surface area contributed by atoms with Crippen LogP contribution >= 0.6 is 23.2 Å². The maximum absolute atomic E-state index is 9.67. The van der Waals surface area contributed by atoms with Crippen LogP contribution in [0.5, 0.6) is 11.5 Å². The first-order valence-electron chi connectivity index (χ1n) is 11.5. The number of halogens is 2. The Hall–Kier alpha value is -1.88. The van der Waals surface area contributed by atoms with E-state index in [1.165, 1.54) is 0 Å². The van der Waals surface area contributed by atoms with Crippen LogP contribution in [0.15, 0.2) is 49.2 Å². The van der Waals surface area contributed by atoms with Crippen molar-refractivity contribution >= 4 is 23.2 Å². The molecule has 0 aliphatic heterocycles. The lowest BCUT2D eigenvalue weighted by molar-refractivity contribution is 0.125. The number of rotatable bonds is 14. The molecule has 0 heterocycles. The zero-order chi connectivity index (χ0) is 24.4. The lowest BCUT2D eigenvalue weighted by Gasteiger charge is -2.28. The van der Waals surface area contributed by atoms with Gasteiger partial charge in [-0.15, -0.1) is 11.6 Å². The first-order valence-corrected chi connectivity index (χ1v) is 12.4. The molecule has 0 saturated carbocycles. The molecule has 0 spiro atoms. The summed E-state index contributed by atoms with van der Waals surface area (Å²) in [7, 11) is 0.